The van der Waals surface area contributed by atoms with Gasteiger partial charge >= 0.3 is 7.60 Å². The summed E-state index contributed by atoms with van der Waals surface area (Å²) in [7, 11) is -4.24. The standard InChI is InChI=1S/C22H48NO5PS/c1-2-3-4-5-6-7-8-9-10-11-12-13-14-15-18-30-19-16-17-23-20-22(21-28-24)29(25,26)27/h22-24H,2-21H2,1H3,(H2,25,26,27). The van der Waals surface area contributed by atoms with E-state index in [1.165, 1.54) is 95.6 Å². The van der Waals surface area contributed by atoms with Crippen LogP contribution in [0, 0.1) is 0 Å². The van der Waals surface area contributed by atoms with Gasteiger partial charge in [-0.15, -0.1) is 0 Å². The molecule has 0 aliphatic rings. The molecular formula is C22H48NO5PS. The van der Waals surface area contributed by atoms with Gasteiger partial charge < -0.3 is 15.1 Å². The van der Waals surface area contributed by atoms with Gasteiger partial charge in [0.15, 0.2) is 0 Å². The van der Waals surface area contributed by atoms with E-state index in [4.69, 9.17) is 15.0 Å². The number of hydrogen-bond donors (Lipinski definition) is 4. The quantitative estimate of drug-likeness (QED) is 0.0576. The van der Waals surface area contributed by atoms with Gasteiger partial charge in [0.1, 0.15) is 0 Å². The number of nitrogens with one attached hydrogen (secondary N) is 1. The van der Waals surface area contributed by atoms with Crippen LogP contribution in [0.1, 0.15) is 103 Å². The Morgan fingerprint density at radius 2 is 1.27 bits per heavy atom. The second-order valence-corrected chi connectivity index (χ2v) is 11.4. The Kier molecular flexibility index (Phi) is 22.9. The smallest absolute Gasteiger partial charge is 0.324 e. The van der Waals surface area contributed by atoms with Gasteiger partial charge in [0.2, 0.25) is 0 Å². The predicted octanol–water partition coefficient (Wildman–Crippen LogP) is 6.22. The molecule has 0 amide bonds. The summed E-state index contributed by atoms with van der Waals surface area (Å²) in [6, 6.07) is 0. The minimum absolute atomic E-state index is 0.147. The fourth-order valence-corrected chi connectivity index (χ4v) is 5.02. The molecule has 4 N–H and O–H groups in total. The zero-order chi connectivity index (χ0) is 22.3. The largest absolute Gasteiger partial charge is 0.332 e. The topological polar surface area (TPSA) is 99.0 Å². The van der Waals surface area contributed by atoms with Crippen molar-refractivity contribution < 1.29 is 24.5 Å². The van der Waals surface area contributed by atoms with E-state index >= 15 is 0 Å². The Labute approximate surface area is 189 Å². The van der Waals surface area contributed by atoms with Crippen molar-refractivity contribution >= 4 is 19.4 Å². The van der Waals surface area contributed by atoms with Gasteiger partial charge in [-0.3, -0.25) is 9.82 Å². The zero-order valence-corrected chi connectivity index (χ0v) is 20.9. The van der Waals surface area contributed by atoms with E-state index in [1.807, 2.05) is 11.8 Å². The maximum atomic E-state index is 11.2. The maximum Gasteiger partial charge on any atom is 0.332 e. The van der Waals surface area contributed by atoms with Crippen LogP contribution in [-0.4, -0.2) is 51.9 Å². The molecule has 8 heteroatoms. The van der Waals surface area contributed by atoms with Crippen molar-refractivity contribution in [1.29, 1.82) is 0 Å². The Morgan fingerprint density at radius 1 is 0.800 bits per heavy atom. The summed E-state index contributed by atoms with van der Waals surface area (Å²) in [5.74, 6) is 2.25. The second-order valence-electron chi connectivity index (χ2n) is 8.30. The van der Waals surface area contributed by atoms with Crippen LogP contribution in [0.3, 0.4) is 0 Å². The van der Waals surface area contributed by atoms with E-state index in [0.717, 1.165) is 12.2 Å². The SMILES string of the molecule is CCCCCCCCCCCCCCCCSCCCNCC(COO)P(=O)(O)O. The molecule has 0 saturated carbocycles. The Bertz CT molecular complexity index is 398. The second kappa shape index (κ2) is 22.6. The van der Waals surface area contributed by atoms with E-state index in [-0.39, 0.29) is 13.2 Å². The highest BCUT2D eigenvalue weighted by Gasteiger charge is 2.28. The van der Waals surface area contributed by atoms with Crippen molar-refractivity contribution in [3.05, 3.63) is 0 Å². The molecule has 0 fully saturated rings. The Morgan fingerprint density at radius 3 is 1.73 bits per heavy atom. The number of unbranched alkanes of at least 4 members (excludes halogenated alkanes) is 13. The van der Waals surface area contributed by atoms with Crippen LogP contribution in [0.4, 0.5) is 0 Å². The fourth-order valence-electron chi connectivity index (χ4n) is 3.43. The van der Waals surface area contributed by atoms with E-state index in [9.17, 15) is 4.57 Å². The van der Waals surface area contributed by atoms with Crippen molar-refractivity contribution in [2.75, 3.05) is 31.2 Å². The lowest BCUT2D eigenvalue weighted by Crippen LogP contribution is -2.31. The summed E-state index contributed by atoms with van der Waals surface area (Å²) in [6.07, 6.45) is 20.4. The molecule has 182 valence electrons. The predicted molar refractivity (Wildman–Crippen MR) is 130 cm³/mol. The minimum atomic E-state index is -4.24. The zero-order valence-electron chi connectivity index (χ0n) is 19.2. The van der Waals surface area contributed by atoms with Crippen LogP contribution < -0.4 is 5.32 Å². The van der Waals surface area contributed by atoms with Crippen LogP contribution in [0.5, 0.6) is 0 Å². The van der Waals surface area contributed by atoms with Crippen LogP contribution >= 0.6 is 19.4 Å². The molecular weight excluding hydrogens is 421 g/mol. The lowest BCUT2D eigenvalue weighted by Gasteiger charge is -2.17. The Hall–Kier alpha value is 0.380. The first kappa shape index (κ1) is 30.4. The molecule has 0 rings (SSSR count). The van der Waals surface area contributed by atoms with Gasteiger partial charge in [0.25, 0.3) is 0 Å². The van der Waals surface area contributed by atoms with E-state index in [2.05, 4.69) is 17.1 Å². The molecule has 0 aliphatic carbocycles. The number of hydrogen-bond acceptors (Lipinski definition) is 5. The van der Waals surface area contributed by atoms with Crippen LogP contribution in [0.25, 0.3) is 0 Å². The highest BCUT2D eigenvalue weighted by molar-refractivity contribution is 7.99. The van der Waals surface area contributed by atoms with Gasteiger partial charge in [0.05, 0.1) is 12.3 Å². The van der Waals surface area contributed by atoms with E-state index in [0.29, 0.717) is 6.54 Å². The first-order valence-corrected chi connectivity index (χ1v) is 15.0. The van der Waals surface area contributed by atoms with Gasteiger partial charge in [-0.05, 0) is 30.9 Å². The van der Waals surface area contributed by atoms with Crippen LogP contribution in [0.15, 0.2) is 0 Å². The molecule has 0 bridgehead atoms. The number of rotatable bonds is 24. The maximum absolute atomic E-state index is 11.2. The van der Waals surface area contributed by atoms with E-state index in [1.54, 1.807) is 0 Å². The summed E-state index contributed by atoms with van der Waals surface area (Å²) < 4.78 is 11.2. The lowest BCUT2D eigenvalue weighted by atomic mass is 10.0. The van der Waals surface area contributed by atoms with Gasteiger partial charge in [-0.1, -0.05) is 90.4 Å². The first-order valence-electron chi connectivity index (χ1n) is 12.1. The fraction of sp³-hybridized carbons (Fsp3) is 1.00. The highest BCUT2D eigenvalue weighted by Crippen LogP contribution is 2.40. The van der Waals surface area contributed by atoms with Crippen LogP contribution in [-0.2, 0) is 9.45 Å². The summed E-state index contributed by atoms with van der Waals surface area (Å²) in [5, 5.41) is 11.4. The van der Waals surface area contributed by atoms with Gasteiger partial charge in [0, 0.05) is 6.54 Å². The third kappa shape index (κ3) is 21.6. The third-order valence-corrected chi connectivity index (χ3v) is 7.84. The average Bonchev–Trinajstić information content (AvgIpc) is 2.70. The third-order valence-electron chi connectivity index (χ3n) is 5.41. The molecule has 0 saturated heterocycles. The van der Waals surface area contributed by atoms with Crippen molar-refractivity contribution in [1.82, 2.24) is 5.32 Å². The number of thioether (sulfide) groups is 1. The molecule has 1 unspecified atom stereocenters. The Balaban J connectivity index is 3.22. The van der Waals surface area contributed by atoms with Crippen molar-refractivity contribution in [2.24, 2.45) is 0 Å². The summed E-state index contributed by atoms with van der Waals surface area (Å²) in [5.41, 5.74) is -0.995. The van der Waals surface area contributed by atoms with Crippen LogP contribution in [0.2, 0.25) is 0 Å². The molecule has 0 radical (unpaired) electrons. The molecule has 0 spiro atoms. The minimum Gasteiger partial charge on any atom is -0.324 e. The van der Waals surface area contributed by atoms with Gasteiger partial charge in [-0.25, -0.2) is 4.89 Å². The van der Waals surface area contributed by atoms with E-state index < -0.39 is 13.3 Å². The monoisotopic (exact) mass is 469 g/mol. The average molecular weight is 470 g/mol. The van der Waals surface area contributed by atoms with Crippen molar-refractivity contribution in [2.45, 2.75) is 109 Å². The molecule has 6 nitrogen and oxygen atoms in total. The lowest BCUT2D eigenvalue weighted by molar-refractivity contribution is -0.242. The molecule has 0 aromatic rings. The first-order chi connectivity index (χ1) is 14.5. The summed E-state index contributed by atoms with van der Waals surface area (Å²) >= 11 is 1.95. The molecule has 30 heavy (non-hydrogen) atoms. The molecule has 0 aromatic carbocycles. The van der Waals surface area contributed by atoms with Gasteiger partial charge in [-0.2, -0.15) is 11.8 Å². The molecule has 1 atom stereocenters. The molecule has 0 heterocycles. The van der Waals surface area contributed by atoms with Crippen molar-refractivity contribution in [3.8, 4) is 0 Å². The normalized spacial score (nSPS) is 13.1. The highest BCUT2D eigenvalue weighted by atomic mass is 32.2. The molecule has 0 aliphatic heterocycles. The van der Waals surface area contributed by atoms with Crippen molar-refractivity contribution in [3.63, 3.8) is 0 Å². The summed E-state index contributed by atoms with van der Waals surface area (Å²) in [6.45, 7) is 2.78. The summed E-state index contributed by atoms with van der Waals surface area (Å²) in [4.78, 5) is 22.2. The molecule has 0 aromatic heterocycles.